The second-order valence-corrected chi connectivity index (χ2v) is 5.65. The minimum Gasteiger partial charge on any atom is -0.379 e. The van der Waals surface area contributed by atoms with E-state index in [9.17, 15) is 0 Å². The van der Waals surface area contributed by atoms with Gasteiger partial charge in [0, 0.05) is 15.8 Å². The van der Waals surface area contributed by atoms with E-state index in [1.807, 2.05) is 17.7 Å². The Balaban J connectivity index is 2.15. The average molecular weight is 376 g/mol. The molecule has 1 aromatic carbocycles. The molecule has 0 aliphatic rings. The van der Waals surface area contributed by atoms with Gasteiger partial charge in [-0.05, 0) is 54.6 Å². The second kappa shape index (κ2) is 5.93. The molecule has 18 heavy (non-hydrogen) atoms. The molecule has 2 rings (SSSR count). The fourth-order valence-corrected chi connectivity index (χ4v) is 2.57. The Morgan fingerprint density at radius 1 is 1.44 bits per heavy atom. The third kappa shape index (κ3) is 2.98. The van der Waals surface area contributed by atoms with Gasteiger partial charge >= 0.3 is 0 Å². The molecule has 0 bridgehead atoms. The Kier molecular flexibility index (Phi) is 4.50. The Labute approximate surface area is 126 Å². The molecular weight excluding hydrogens is 361 g/mol. The number of aromatic nitrogens is 2. The second-order valence-electron chi connectivity index (χ2n) is 4.03. The number of halogens is 2. The van der Waals surface area contributed by atoms with E-state index >= 15 is 0 Å². The third-order valence-electron chi connectivity index (χ3n) is 2.74. The topological polar surface area (TPSA) is 29.9 Å². The highest BCUT2D eigenvalue weighted by Crippen LogP contribution is 2.21. The first-order valence-electron chi connectivity index (χ1n) is 5.83. The lowest BCUT2D eigenvalue weighted by atomic mass is 10.3. The van der Waals surface area contributed by atoms with E-state index in [1.165, 1.54) is 3.57 Å². The van der Waals surface area contributed by atoms with Crippen molar-refractivity contribution in [3.63, 3.8) is 0 Å². The SMILES string of the molecule is CCn1nc(C)c(Cl)c1CNc1cccc(I)c1. The monoisotopic (exact) mass is 375 g/mol. The summed E-state index contributed by atoms with van der Waals surface area (Å²) in [6, 6.07) is 8.26. The molecule has 1 aromatic heterocycles. The zero-order valence-electron chi connectivity index (χ0n) is 10.4. The number of aryl methyl sites for hydroxylation is 2. The third-order valence-corrected chi connectivity index (χ3v) is 3.90. The van der Waals surface area contributed by atoms with Crippen LogP contribution in [-0.4, -0.2) is 9.78 Å². The van der Waals surface area contributed by atoms with Crippen LogP contribution in [0.2, 0.25) is 5.02 Å². The molecule has 0 saturated carbocycles. The largest absolute Gasteiger partial charge is 0.379 e. The van der Waals surface area contributed by atoms with Gasteiger partial charge in [0.1, 0.15) is 0 Å². The molecule has 5 heteroatoms. The van der Waals surface area contributed by atoms with Crippen molar-refractivity contribution in [3.8, 4) is 0 Å². The number of hydrogen-bond acceptors (Lipinski definition) is 2. The normalized spacial score (nSPS) is 10.7. The van der Waals surface area contributed by atoms with Gasteiger partial charge in [0.2, 0.25) is 0 Å². The van der Waals surface area contributed by atoms with E-state index < -0.39 is 0 Å². The van der Waals surface area contributed by atoms with Crippen molar-refractivity contribution >= 4 is 39.9 Å². The van der Waals surface area contributed by atoms with Crippen molar-refractivity contribution in [2.45, 2.75) is 26.9 Å². The fraction of sp³-hybridized carbons (Fsp3) is 0.308. The number of nitrogens with zero attached hydrogens (tertiary/aromatic N) is 2. The molecule has 1 heterocycles. The van der Waals surface area contributed by atoms with E-state index in [2.05, 4.69) is 58.1 Å². The van der Waals surface area contributed by atoms with Crippen LogP contribution in [0.25, 0.3) is 0 Å². The van der Waals surface area contributed by atoms with Crippen LogP contribution in [0.1, 0.15) is 18.3 Å². The van der Waals surface area contributed by atoms with E-state index in [4.69, 9.17) is 11.6 Å². The van der Waals surface area contributed by atoms with Crippen LogP contribution in [0.15, 0.2) is 24.3 Å². The van der Waals surface area contributed by atoms with Crippen molar-refractivity contribution in [1.29, 1.82) is 0 Å². The molecule has 3 nitrogen and oxygen atoms in total. The lowest BCUT2D eigenvalue weighted by molar-refractivity contribution is 0.623. The van der Waals surface area contributed by atoms with E-state index in [0.717, 1.165) is 28.6 Å². The predicted molar refractivity (Wildman–Crippen MR) is 84.1 cm³/mol. The van der Waals surface area contributed by atoms with Gasteiger partial charge in [-0.15, -0.1) is 0 Å². The highest BCUT2D eigenvalue weighted by Gasteiger charge is 2.11. The minimum absolute atomic E-state index is 0.688. The first-order chi connectivity index (χ1) is 8.61. The van der Waals surface area contributed by atoms with Gasteiger partial charge in [-0.3, -0.25) is 4.68 Å². The van der Waals surface area contributed by atoms with Gasteiger partial charge < -0.3 is 5.32 Å². The molecule has 2 aromatic rings. The summed E-state index contributed by atoms with van der Waals surface area (Å²) in [5.74, 6) is 0. The molecule has 0 amide bonds. The van der Waals surface area contributed by atoms with Gasteiger partial charge in [-0.25, -0.2) is 0 Å². The fourth-order valence-electron chi connectivity index (χ4n) is 1.82. The highest BCUT2D eigenvalue weighted by molar-refractivity contribution is 14.1. The number of hydrogen-bond donors (Lipinski definition) is 1. The molecular formula is C13H15ClIN3. The summed E-state index contributed by atoms with van der Waals surface area (Å²) < 4.78 is 3.15. The van der Waals surface area contributed by atoms with Crippen molar-refractivity contribution in [3.05, 3.63) is 44.2 Å². The Hall–Kier alpha value is -0.750. The standard InChI is InChI=1S/C13H15ClIN3/c1-3-18-12(13(14)9(2)17-18)8-16-11-6-4-5-10(15)7-11/h4-7,16H,3,8H2,1-2H3. The van der Waals surface area contributed by atoms with E-state index in [-0.39, 0.29) is 0 Å². The van der Waals surface area contributed by atoms with Crippen molar-refractivity contribution in [2.75, 3.05) is 5.32 Å². The number of rotatable bonds is 4. The number of benzene rings is 1. The van der Waals surface area contributed by atoms with Gasteiger partial charge in [0.25, 0.3) is 0 Å². The van der Waals surface area contributed by atoms with Crippen molar-refractivity contribution in [1.82, 2.24) is 9.78 Å². The van der Waals surface area contributed by atoms with Crippen LogP contribution in [0.5, 0.6) is 0 Å². The summed E-state index contributed by atoms with van der Waals surface area (Å²) in [5.41, 5.74) is 3.02. The molecule has 0 spiro atoms. The lowest BCUT2D eigenvalue weighted by Crippen LogP contribution is -2.08. The molecule has 0 fully saturated rings. The first-order valence-corrected chi connectivity index (χ1v) is 7.28. The van der Waals surface area contributed by atoms with Gasteiger partial charge in [0.05, 0.1) is 23.0 Å². The molecule has 1 N–H and O–H groups in total. The maximum absolute atomic E-state index is 6.27. The summed E-state index contributed by atoms with van der Waals surface area (Å²) >= 11 is 8.57. The quantitative estimate of drug-likeness (QED) is 0.816. The van der Waals surface area contributed by atoms with Crippen molar-refractivity contribution < 1.29 is 0 Å². The van der Waals surface area contributed by atoms with Gasteiger partial charge in [-0.1, -0.05) is 17.7 Å². The summed E-state index contributed by atoms with van der Waals surface area (Å²) in [7, 11) is 0. The summed E-state index contributed by atoms with van der Waals surface area (Å²) in [6.45, 7) is 5.52. The summed E-state index contributed by atoms with van der Waals surface area (Å²) in [5, 5.41) is 8.54. The Morgan fingerprint density at radius 2 is 2.22 bits per heavy atom. The van der Waals surface area contributed by atoms with Gasteiger partial charge in [0.15, 0.2) is 0 Å². The minimum atomic E-state index is 0.688. The summed E-state index contributed by atoms with van der Waals surface area (Å²) in [6.07, 6.45) is 0. The number of anilines is 1. The molecule has 0 saturated heterocycles. The van der Waals surface area contributed by atoms with Crippen LogP contribution in [0.3, 0.4) is 0 Å². The van der Waals surface area contributed by atoms with Crippen LogP contribution in [0, 0.1) is 10.5 Å². The Bertz CT molecular complexity index is 551. The summed E-state index contributed by atoms with van der Waals surface area (Å²) in [4.78, 5) is 0. The van der Waals surface area contributed by atoms with Crippen LogP contribution in [0.4, 0.5) is 5.69 Å². The smallest absolute Gasteiger partial charge is 0.0865 e. The molecule has 0 aliphatic carbocycles. The molecule has 0 radical (unpaired) electrons. The molecule has 96 valence electrons. The van der Waals surface area contributed by atoms with Crippen LogP contribution >= 0.6 is 34.2 Å². The predicted octanol–water partition coefficient (Wildman–Crippen LogP) is 4.08. The molecule has 0 unspecified atom stereocenters. The molecule has 0 aliphatic heterocycles. The van der Waals surface area contributed by atoms with Crippen LogP contribution < -0.4 is 5.32 Å². The lowest BCUT2D eigenvalue weighted by Gasteiger charge is -2.09. The first kappa shape index (κ1) is 13.7. The maximum atomic E-state index is 6.27. The van der Waals surface area contributed by atoms with Crippen molar-refractivity contribution in [2.24, 2.45) is 0 Å². The van der Waals surface area contributed by atoms with Crippen LogP contribution in [-0.2, 0) is 13.1 Å². The Morgan fingerprint density at radius 3 is 2.89 bits per heavy atom. The zero-order valence-corrected chi connectivity index (χ0v) is 13.3. The zero-order chi connectivity index (χ0) is 13.1. The van der Waals surface area contributed by atoms with E-state index in [0.29, 0.717) is 6.54 Å². The maximum Gasteiger partial charge on any atom is 0.0865 e. The number of nitrogens with one attached hydrogen (secondary N) is 1. The van der Waals surface area contributed by atoms with E-state index in [1.54, 1.807) is 0 Å². The average Bonchev–Trinajstić information content (AvgIpc) is 2.63. The molecule has 0 atom stereocenters. The highest BCUT2D eigenvalue weighted by atomic mass is 127. The van der Waals surface area contributed by atoms with Gasteiger partial charge in [-0.2, -0.15) is 5.10 Å².